The highest BCUT2D eigenvalue weighted by Gasteiger charge is 2.06. The smallest absolute Gasteiger partial charge is 0.193 e. The molecule has 2 aromatic rings. The van der Waals surface area contributed by atoms with Gasteiger partial charge in [0, 0.05) is 32.0 Å². The highest BCUT2D eigenvalue weighted by atomic mass is 31.0. The van der Waals surface area contributed by atoms with Gasteiger partial charge in [-0.15, -0.1) is 0 Å². The zero-order valence-corrected chi connectivity index (χ0v) is 10.5. The van der Waals surface area contributed by atoms with E-state index < -0.39 is 0 Å². The molecule has 0 atom stereocenters. The van der Waals surface area contributed by atoms with Gasteiger partial charge in [0.1, 0.15) is 0 Å². The third kappa shape index (κ3) is 3.40. The van der Waals surface area contributed by atoms with E-state index in [1.54, 1.807) is 0 Å². The van der Waals surface area contributed by atoms with Crippen molar-refractivity contribution in [1.82, 2.24) is 0 Å². The molecule has 0 amide bonds. The molecule has 2 aromatic carbocycles. The molecule has 0 bridgehead atoms. The van der Waals surface area contributed by atoms with Crippen LogP contribution < -0.4 is 0 Å². The van der Waals surface area contributed by atoms with Gasteiger partial charge in [-0.05, 0) is 0 Å². The predicted octanol–water partition coefficient (Wildman–Crippen LogP) is 3.40. The normalized spacial score (nSPS) is 8.50. The summed E-state index contributed by atoms with van der Waals surface area (Å²) in [5, 5.41) is 0. The quantitative estimate of drug-likeness (QED) is 0.447. The number of ketones is 1. The maximum Gasteiger partial charge on any atom is 0.193 e. The first kappa shape index (κ1) is 14.8. The zero-order valence-electron chi connectivity index (χ0n) is 8.63. The molecule has 0 N–H and O–H groups in total. The third-order valence-corrected chi connectivity index (χ3v) is 2.07. The first-order valence-electron chi connectivity index (χ1n) is 4.53. The predicted molar refractivity (Wildman–Crippen MR) is 69.0 cm³/mol. The molecule has 0 saturated heterocycles. The van der Waals surface area contributed by atoms with Gasteiger partial charge in [0.2, 0.25) is 0 Å². The first-order valence-corrected chi connectivity index (χ1v) is 4.53. The lowest BCUT2D eigenvalue weighted by Gasteiger charge is -1.99. The van der Waals surface area contributed by atoms with Crippen molar-refractivity contribution in [1.29, 1.82) is 0 Å². The summed E-state index contributed by atoms with van der Waals surface area (Å²) in [6.07, 6.45) is 0. The second kappa shape index (κ2) is 7.10. The molecule has 0 heterocycles. The van der Waals surface area contributed by atoms with Crippen LogP contribution in [0.3, 0.4) is 0 Å². The lowest BCUT2D eigenvalue weighted by Crippen LogP contribution is -1.99. The molecule has 0 saturated carbocycles. The van der Waals surface area contributed by atoms with Crippen LogP contribution in [0.15, 0.2) is 60.7 Å². The maximum atomic E-state index is 11.8. The lowest BCUT2D eigenvalue weighted by molar-refractivity contribution is 0.103. The zero-order chi connectivity index (χ0) is 9.80. The van der Waals surface area contributed by atoms with Gasteiger partial charge in [-0.1, -0.05) is 60.7 Å². The molecule has 77 valence electrons. The van der Waals surface area contributed by atoms with E-state index in [1.807, 2.05) is 60.7 Å². The molecule has 2 rings (SSSR count). The second-order valence-electron chi connectivity index (χ2n) is 3.06. The van der Waals surface area contributed by atoms with E-state index in [0.717, 1.165) is 11.1 Å². The Hall–Kier alpha value is -1.24. The minimum absolute atomic E-state index is 0. The minimum atomic E-state index is 0. The van der Waals surface area contributed by atoms with Crippen molar-refractivity contribution < 1.29 is 4.79 Å². The van der Waals surface area contributed by atoms with Crippen molar-refractivity contribution >= 4 is 26.6 Å². The molecule has 0 fully saturated rings. The SMILES string of the molecule is O=C(c1ccccc1)c1ccccc1.[P].[Si]. The van der Waals surface area contributed by atoms with Crippen LogP contribution in [0, 0.1) is 0 Å². The van der Waals surface area contributed by atoms with Gasteiger partial charge in [0.25, 0.3) is 0 Å². The van der Waals surface area contributed by atoms with E-state index in [2.05, 4.69) is 0 Å². The van der Waals surface area contributed by atoms with Crippen LogP contribution in [-0.2, 0) is 0 Å². The molecule has 16 heavy (non-hydrogen) atoms. The topological polar surface area (TPSA) is 17.1 Å². The molecule has 3 heteroatoms. The third-order valence-electron chi connectivity index (χ3n) is 2.07. The standard InChI is InChI=1S/C13H10O.P.Si/c14-13(11-7-3-1-4-8-11)12-9-5-2-6-10-12;;/h1-10H;;. The Labute approximate surface area is 104 Å². The Morgan fingerprint density at radius 3 is 1.31 bits per heavy atom. The van der Waals surface area contributed by atoms with Gasteiger partial charge in [-0.25, -0.2) is 0 Å². The summed E-state index contributed by atoms with van der Waals surface area (Å²) in [4.78, 5) is 11.8. The van der Waals surface area contributed by atoms with Crippen molar-refractivity contribution in [2.24, 2.45) is 0 Å². The van der Waals surface area contributed by atoms with Crippen molar-refractivity contribution in [2.45, 2.75) is 0 Å². The summed E-state index contributed by atoms with van der Waals surface area (Å²) in [6, 6.07) is 18.6. The van der Waals surface area contributed by atoms with Crippen LogP contribution in [0.1, 0.15) is 15.9 Å². The Morgan fingerprint density at radius 2 is 1.00 bits per heavy atom. The Kier molecular flexibility index (Phi) is 6.55. The second-order valence-corrected chi connectivity index (χ2v) is 3.06. The first-order chi connectivity index (χ1) is 6.88. The fraction of sp³-hybridized carbons (Fsp3) is 0. The summed E-state index contributed by atoms with van der Waals surface area (Å²) in [5.41, 5.74) is 1.47. The summed E-state index contributed by atoms with van der Waals surface area (Å²) in [6.45, 7) is 0. The van der Waals surface area contributed by atoms with E-state index in [-0.39, 0.29) is 26.6 Å². The Morgan fingerprint density at radius 1 is 0.688 bits per heavy atom. The molecular weight excluding hydrogens is 231 g/mol. The van der Waals surface area contributed by atoms with Gasteiger partial charge < -0.3 is 0 Å². The van der Waals surface area contributed by atoms with Crippen molar-refractivity contribution in [2.75, 3.05) is 0 Å². The minimum Gasteiger partial charge on any atom is -0.289 e. The van der Waals surface area contributed by atoms with Crippen molar-refractivity contribution in [3.8, 4) is 0 Å². The summed E-state index contributed by atoms with van der Waals surface area (Å²) >= 11 is 0. The van der Waals surface area contributed by atoms with Gasteiger partial charge in [0.05, 0.1) is 0 Å². The molecule has 7 radical (unpaired) electrons. The van der Waals surface area contributed by atoms with Crippen LogP contribution >= 0.6 is 9.90 Å². The van der Waals surface area contributed by atoms with Crippen molar-refractivity contribution in [3.63, 3.8) is 0 Å². The monoisotopic (exact) mass is 241 g/mol. The fourth-order valence-corrected chi connectivity index (χ4v) is 1.35. The molecule has 0 aliphatic carbocycles. The summed E-state index contributed by atoms with van der Waals surface area (Å²) < 4.78 is 0. The average molecular weight is 241 g/mol. The molecule has 0 aliphatic heterocycles. The molecular formula is C13H10OPSi. The van der Waals surface area contributed by atoms with Gasteiger partial charge in [-0.3, -0.25) is 4.79 Å². The average Bonchev–Trinajstić information content (AvgIpc) is 2.30. The van der Waals surface area contributed by atoms with Crippen LogP contribution in [0.5, 0.6) is 0 Å². The largest absolute Gasteiger partial charge is 0.289 e. The van der Waals surface area contributed by atoms with Gasteiger partial charge in [0.15, 0.2) is 5.78 Å². The molecule has 0 aliphatic rings. The highest BCUT2D eigenvalue weighted by Crippen LogP contribution is 2.08. The van der Waals surface area contributed by atoms with E-state index in [0.29, 0.717) is 0 Å². The van der Waals surface area contributed by atoms with Crippen molar-refractivity contribution in [3.05, 3.63) is 71.8 Å². The number of rotatable bonds is 2. The Balaban J connectivity index is 0.00000112. The Bertz CT molecular complexity index is 387. The van der Waals surface area contributed by atoms with E-state index in [4.69, 9.17) is 0 Å². The summed E-state index contributed by atoms with van der Waals surface area (Å²) in [5.74, 6) is 0.0752. The van der Waals surface area contributed by atoms with E-state index in [1.165, 1.54) is 0 Å². The summed E-state index contributed by atoms with van der Waals surface area (Å²) in [7, 11) is 0. The molecule has 0 aromatic heterocycles. The number of hydrogen-bond donors (Lipinski definition) is 0. The van der Waals surface area contributed by atoms with Gasteiger partial charge in [-0.2, -0.15) is 0 Å². The van der Waals surface area contributed by atoms with Gasteiger partial charge >= 0.3 is 0 Å². The van der Waals surface area contributed by atoms with E-state index >= 15 is 0 Å². The van der Waals surface area contributed by atoms with Crippen LogP contribution in [0.4, 0.5) is 0 Å². The number of carbonyl (C=O) groups excluding carboxylic acids is 1. The lowest BCUT2D eigenvalue weighted by atomic mass is 10.0. The number of carbonyl (C=O) groups is 1. The fourth-order valence-electron chi connectivity index (χ4n) is 1.35. The number of benzene rings is 2. The van der Waals surface area contributed by atoms with Crippen LogP contribution in [0.25, 0.3) is 0 Å². The molecule has 0 spiro atoms. The maximum absolute atomic E-state index is 11.8. The highest BCUT2D eigenvalue weighted by molar-refractivity contribution is 6.92. The molecule has 0 unspecified atom stereocenters. The number of hydrogen-bond acceptors (Lipinski definition) is 1. The van der Waals surface area contributed by atoms with E-state index in [9.17, 15) is 4.79 Å². The molecule has 1 nitrogen and oxygen atoms in total. The van der Waals surface area contributed by atoms with Crippen LogP contribution in [0.2, 0.25) is 0 Å². The van der Waals surface area contributed by atoms with Crippen LogP contribution in [-0.4, -0.2) is 16.7 Å².